The lowest BCUT2D eigenvalue weighted by molar-refractivity contribution is -0.323. The number of carbonyl (C=O) groups excluding carboxylic acids is 1. The third-order valence-corrected chi connectivity index (χ3v) is 6.10. The molecule has 2 heterocycles. The molecule has 41 heavy (non-hydrogen) atoms. The standard InChI is InChI=1S/C24H23F3N4O10/c1-23(11-6-8-12(9-7-11)40-24(25,26)27,41-22-18(35)16(33)17(34)19(39-22)21(37)38)28-15(32)10-31-20(36)13-4-2-3-5-14(13)29-30-31/h2-9,16-19,22,33-35H,10H2,1H3,(H,28,32)(H,37,38)/t16-,17-,18+,19-,22+,23-/m0/s1. The predicted molar refractivity (Wildman–Crippen MR) is 128 cm³/mol. The molecule has 6 atom stereocenters. The van der Waals surface area contributed by atoms with Crippen molar-refractivity contribution in [3.05, 3.63) is 64.4 Å². The molecule has 14 nitrogen and oxygen atoms in total. The first-order valence-corrected chi connectivity index (χ1v) is 11.8. The van der Waals surface area contributed by atoms with Crippen molar-refractivity contribution < 1.29 is 57.4 Å². The second kappa shape index (κ2) is 11.4. The highest BCUT2D eigenvalue weighted by atomic mass is 19.4. The maximum Gasteiger partial charge on any atom is 0.573 e. The summed E-state index contributed by atoms with van der Waals surface area (Å²) in [6, 6.07) is 10.2. The Hall–Kier alpha value is -4.16. The van der Waals surface area contributed by atoms with Gasteiger partial charge < -0.3 is 40.0 Å². The fourth-order valence-electron chi connectivity index (χ4n) is 4.09. The van der Waals surface area contributed by atoms with Gasteiger partial charge in [-0.15, -0.1) is 18.3 Å². The number of aliphatic hydroxyl groups excluding tert-OH is 3. The smallest absolute Gasteiger partial charge is 0.479 e. The summed E-state index contributed by atoms with van der Waals surface area (Å²) in [6.45, 7) is 0.473. The maximum atomic E-state index is 13.1. The Morgan fingerprint density at radius 3 is 2.34 bits per heavy atom. The number of fused-ring (bicyclic) bond motifs is 1. The number of carboxylic acids is 1. The average Bonchev–Trinajstić information content (AvgIpc) is 2.90. The number of carbonyl (C=O) groups is 2. The summed E-state index contributed by atoms with van der Waals surface area (Å²) in [5.41, 5.74) is -2.53. The van der Waals surface area contributed by atoms with Gasteiger partial charge in [-0.1, -0.05) is 29.5 Å². The monoisotopic (exact) mass is 584 g/mol. The Morgan fingerprint density at radius 1 is 1.05 bits per heavy atom. The minimum absolute atomic E-state index is 0.0550. The highest BCUT2D eigenvalue weighted by Gasteiger charge is 2.50. The largest absolute Gasteiger partial charge is 0.573 e. The molecular weight excluding hydrogens is 561 g/mol. The number of ether oxygens (including phenoxy) is 3. The van der Waals surface area contributed by atoms with E-state index in [1.54, 1.807) is 12.1 Å². The third-order valence-electron chi connectivity index (χ3n) is 6.10. The molecule has 1 amide bonds. The van der Waals surface area contributed by atoms with Gasteiger partial charge in [0, 0.05) is 5.56 Å². The van der Waals surface area contributed by atoms with Gasteiger partial charge in [0.1, 0.15) is 36.1 Å². The number of nitrogens with one attached hydrogen (secondary N) is 1. The van der Waals surface area contributed by atoms with Crippen LogP contribution in [0, 0.1) is 0 Å². The van der Waals surface area contributed by atoms with Crippen LogP contribution in [0.3, 0.4) is 0 Å². The van der Waals surface area contributed by atoms with E-state index in [1.165, 1.54) is 19.1 Å². The predicted octanol–water partition coefficient (Wildman–Crippen LogP) is -0.412. The number of hydrogen-bond donors (Lipinski definition) is 5. The van der Waals surface area contributed by atoms with E-state index in [1.807, 2.05) is 0 Å². The van der Waals surface area contributed by atoms with Crippen molar-refractivity contribution in [3.63, 3.8) is 0 Å². The van der Waals surface area contributed by atoms with Crippen LogP contribution in [0.2, 0.25) is 0 Å². The molecule has 1 fully saturated rings. The van der Waals surface area contributed by atoms with Crippen LogP contribution in [0.4, 0.5) is 13.2 Å². The quantitative estimate of drug-likeness (QED) is 0.215. The van der Waals surface area contributed by atoms with Crippen molar-refractivity contribution in [3.8, 4) is 5.75 Å². The Morgan fingerprint density at radius 2 is 1.71 bits per heavy atom. The summed E-state index contributed by atoms with van der Waals surface area (Å²) in [5.74, 6) is -3.26. The number of nitrogens with zero attached hydrogens (tertiary/aromatic N) is 3. The minimum atomic E-state index is -4.99. The number of carboxylic acid groups (broad SMARTS) is 1. The number of rotatable bonds is 8. The molecule has 3 aromatic rings. The highest BCUT2D eigenvalue weighted by molar-refractivity contribution is 5.78. The first kappa shape index (κ1) is 29.8. The van der Waals surface area contributed by atoms with E-state index in [4.69, 9.17) is 9.47 Å². The summed E-state index contributed by atoms with van der Waals surface area (Å²) in [5, 5.41) is 50.0. The van der Waals surface area contributed by atoms with Crippen LogP contribution in [0.15, 0.2) is 53.3 Å². The van der Waals surface area contributed by atoms with Crippen LogP contribution in [0.1, 0.15) is 12.5 Å². The summed E-state index contributed by atoms with van der Waals surface area (Å²) in [4.78, 5) is 37.3. The molecule has 0 spiro atoms. The molecule has 0 radical (unpaired) electrons. The third kappa shape index (κ3) is 6.60. The van der Waals surface area contributed by atoms with Gasteiger partial charge in [-0.2, -0.15) is 0 Å². The molecule has 2 aromatic carbocycles. The Bertz CT molecular complexity index is 1490. The van der Waals surface area contributed by atoms with Gasteiger partial charge in [-0.3, -0.25) is 9.59 Å². The van der Waals surface area contributed by atoms with Gasteiger partial charge >= 0.3 is 12.3 Å². The van der Waals surface area contributed by atoms with Crippen molar-refractivity contribution in [2.45, 2.75) is 56.3 Å². The van der Waals surface area contributed by atoms with E-state index in [-0.39, 0.29) is 16.5 Å². The lowest BCUT2D eigenvalue weighted by atomic mass is 9.98. The summed E-state index contributed by atoms with van der Waals surface area (Å²) < 4.78 is 53.3. The first-order valence-electron chi connectivity index (χ1n) is 11.8. The SMILES string of the molecule is C[C@](NC(=O)Cn1nnc2ccccc2c1=O)(O[C@H]1O[C@H](C(=O)O)[C@@H](O)[C@H](O)[C@H]1O)c1ccc(OC(F)(F)F)cc1. The number of halogens is 3. The van der Waals surface area contributed by atoms with Crippen LogP contribution >= 0.6 is 0 Å². The Kier molecular flexibility index (Phi) is 8.27. The van der Waals surface area contributed by atoms with Crippen LogP contribution in [0.25, 0.3) is 10.9 Å². The molecule has 0 unspecified atom stereocenters. The molecule has 17 heteroatoms. The zero-order valence-corrected chi connectivity index (χ0v) is 20.9. The topological polar surface area (TPSA) is 203 Å². The fraction of sp³-hybridized carbons (Fsp3) is 0.375. The van der Waals surface area contributed by atoms with Crippen LogP contribution in [-0.2, 0) is 31.3 Å². The van der Waals surface area contributed by atoms with E-state index >= 15 is 0 Å². The molecule has 0 aliphatic carbocycles. The molecule has 1 saturated heterocycles. The maximum absolute atomic E-state index is 13.1. The summed E-state index contributed by atoms with van der Waals surface area (Å²) in [6.07, 6.45) is -15.1. The van der Waals surface area contributed by atoms with Gasteiger partial charge in [0.15, 0.2) is 18.1 Å². The molecule has 1 aliphatic heterocycles. The van der Waals surface area contributed by atoms with Crippen LogP contribution < -0.4 is 15.6 Å². The molecular formula is C24H23F3N4O10. The lowest BCUT2D eigenvalue weighted by Crippen LogP contribution is -2.62. The van der Waals surface area contributed by atoms with Crippen molar-refractivity contribution in [1.29, 1.82) is 0 Å². The van der Waals surface area contributed by atoms with E-state index in [0.29, 0.717) is 0 Å². The fourth-order valence-corrected chi connectivity index (χ4v) is 4.09. The van der Waals surface area contributed by atoms with Crippen molar-refractivity contribution in [2.24, 2.45) is 0 Å². The minimum Gasteiger partial charge on any atom is -0.479 e. The second-order valence-electron chi connectivity index (χ2n) is 9.08. The number of aliphatic hydroxyl groups is 3. The normalized spacial score (nSPS) is 24.4. The first-order chi connectivity index (χ1) is 19.2. The van der Waals surface area contributed by atoms with E-state index < -0.39 is 72.5 Å². The van der Waals surface area contributed by atoms with Gasteiger partial charge in [-0.05, 0) is 31.2 Å². The molecule has 220 valence electrons. The van der Waals surface area contributed by atoms with Crippen molar-refractivity contribution in [2.75, 3.05) is 0 Å². The average molecular weight is 584 g/mol. The van der Waals surface area contributed by atoms with Crippen molar-refractivity contribution in [1.82, 2.24) is 20.3 Å². The van der Waals surface area contributed by atoms with Crippen LogP contribution in [0.5, 0.6) is 5.75 Å². The zero-order valence-electron chi connectivity index (χ0n) is 20.9. The molecule has 4 rings (SSSR count). The number of aromatic nitrogens is 3. The molecule has 1 aliphatic rings. The number of benzene rings is 2. The van der Waals surface area contributed by atoms with E-state index in [0.717, 1.165) is 28.9 Å². The lowest BCUT2D eigenvalue weighted by Gasteiger charge is -2.42. The zero-order chi connectivity index (χ0) is 30.1. The van der Waals surface area contributed by atoms with Crippen LogP contribution in [-0.4, -0.2) is 84.4 Å². The van der Waals surface area contributed by atoms with Gasteiger partial charge in [0.05, 0.1) is 5.39 Å². The molecule has 5 N–H and O–H groups in total. The number of aliphatic carboxylic acids is 1. The number of amides is 1. The number of hydrogen-bond acceptors (Lipinski definition) is 11. The van der Waals surface area contributed by atoms with Gasteiger partial charge in [-0.25, -0.2) is 9.48 Å². The summed E-state index contributed by atoms with van der Waals surface area (Å²) >= 11 is 0. The van der Waals surface area contributed by atoms with Crippen molar-refractivity contribution >= 4 is 22.8 Å². The van der Waals surface area contributed by atoms with E-state index in [2.05, 4.69) is 20.4 Å². The Balaban J connectivity index is 1.65. The van der Waals surface area contributed by atoms with Gasteiger partial charge in [0.25, 0.3) is 5.56 Å². The summed E-state index contributed by atoms with van der Waals surface area (Å²) in [7, 11) is 0. The molecule has 0 bridgehead atoms. The van der Waals surface area contributed by atoms with E-state index in [9.17, 15) is 48.0 Å². The second-order valence-corrected chi connectivity index (χ2v) is 9.08. The highest BCUT2D eigenvalue weighted by Crippen LogP contribution is 2.32. The Labute approximate surface area is 227 Å². The number of alkyl halides is 3. The molecule has 1 aromatic heterocycles. The molecule has 0 saturated carbocycles. The van der Waals surface area contributed by atoms with Gasteiger partial charge in [0.2, 0.25) is 5.91 Å².